The average Bonchev–Trinajstić information content (AvgIpc) is 3.43. The third kappa shape index (κ3) is 4.55. The zero-order chi connectivity index (χ0) is 20.6. The quantitative estimate of drug-likeness (QED) is 0.821. The lowest BCUT2D eigenvalue weighted by molar-refractivity contribution is 0.00897. The normalized spacial score (nSPS) is 20.3. The first-order valence-corrected chi connectivity index (χ1v) is 10.9. The minimum absolute atomic E-state index is 0.0876. The van der Waals surface area contributed by atoms with E-state index in [1.165, 1.54) is 12.8 Å². The highest BCUT2D eigenvalue weighted by Crippen LogP contribution is 2.40. The van der Waals surface area contributed by atoms with E-state index in [0.29, 0.717) is 18.9 Å². The van der Waals surface area contributed by atoms with Gasteiger partial charge < -0.3 is 9.84 Å². The maximum Gasteiger partial charge on any atom is 0.410 e. The number of amides is 1. The van der Waals surface area contributed by atoms with Gasteiger partial charge in [-0.05, 0) is 71.8 Å². The number of aryl methyl sites for hydroxylation is 1. The Bertz CT molecular complexity index is 882. The zero-order valence-corrected chi connectivity index (χ0v) is 17.7. The number of likely N-dealkylation sites (tertiary alicyclic amines) is 1. The Balaban J connectivity index is 1.67. The van der Waals surface area contributed by atoms with Crippen molar-refractivity contribution >= 4 is 11.7 Å². The number of hydrogen-bond acceptors (Lipinski definition) is 5. The predicted molar refractivity (Wildman–Crippen MR) is 110 cm³/mol. The van der Waals surface area contributed by atoms with Crippen molar-refractivity contribution in [3.05, 3.63) is 29.2 Å². The summed E-state index contributed by atoms with van der Waals surface area (Å²) in [5.41, 5.74) is 3.41. The molecular weight excluding hydrogens is 368 g/mol. The van der Waals surface area contributed by atoms with E-state index < -0.39 is 5.60 Å². The molecule has 0 unspecified atom stereocenters. The Hall–Kier alpha value is -2.15. The molecule has 2 fully saturated rings. The third-order valence-corrected chi connectivity index (χ3v) is 5.60. The predicted octanol–water partition coefficient (Wildman–Crippen LogP) is 3.99. The average molecular weight is 401 g/mol. The lowest BCUT2D eigenvalue weighted by Gasteiger charge is -2.35. The van der Waals surface area contributed by atoms with Gasteiger partial charge in [-0.25, -0.2) is 14.3 Å². The SMILES string of the molecule is CC(C)(C)OC(=O)N1CCCC[C@H]1c1cc2nc(C3CC3)cc(CCCO)n2n1. The number of aromatic nitrogens is 3. The first-order valence-electron chi connectivity index (χ1n) is 10.9. The summed E-state index contributed by atoms with van der Waals surface area (Å²) in [6.45, 7) is 6.53. The number of rotatable bonds is 5. The van der Waals surface area contributed by atoms with Gasteiger partial charge in [0.05, 0.1) is 11.7 Å². The summed E-state index contributed by atoms with van der Waals surface area (Å²) in [5.74, 6) is 0.555. The molecule has 158 valence electrons. The molecule has 2 aromatic rings. The molecule has 29 heavy (non-hydrogen) atoms. The Labute approximate surface area is 172 Å². The number of hydrogen-bond donors (Lipinski definition) is 1. The van der Waals surface area contributed by atoms with E-state index in [4.69, 9.17) is 14.8 Å². The number of aliphatic hydroxyl groups is 1. The van der Waals surface area contributed by atoms with Crippen LogP contribution in [-0.4, -0.2) is 49.5 Å². The summed E-state index contributed by atoms with van der Waals surface area (Å²) in [5, 5.41) is 14.1. The minimum atomic E-state index is -0.518. The lowest BCUT2D eigenvalue weighted by Crippen LogP contribution is -2.42. The van der Waals surface area contributed by atoms with Crippen molar-refractivity contribution in [2.45, 2.75) is 83.3 Å². The summed E-state index contributed by atoms with van der Waals surface area (Å²) < 4.78 is 7.55. The third-order valence-electron chi connectivity index (χ3n) is 5.60. The number of piperidine rings is 1. The number of carbonyl (C=O) groups is 1. The van der Waals surface area contributed by atoms with Crippen LogP contribution in [0.3, 0.4) is 0 Å². The molecule has 2 aromatic heterocycles. The Morgan fingerprint density at radius 2 is 2.00 bits per heavy atom. The molecule has 4 rings (SSSR count). The summed E-state index contributed by atoms with van der Waals surface area (Å²) in [6, 6.07) is 4.08. The lowest BCUT2D eigenvalue weighted by atomic mass is 10.00. The first kappa shape index (κ1) is 20.1. The molecule has 7 nitrogen and oxygen atoms in total. The Kier molecular flexibility index (Phi) is 5.51. The van der Waals surface area contributed by atoms with Crippen molar-refractivity contribution in [3.8, 4) is 0 Å². The van der Waals surface area contributed by atoms with Gasteiger partial charge >= 0.3 is 6.09 Å². The van der Waals surface area contributed by atoms with Crippen LogP contribution in [0.25, 0.3) is 5.65 Å². The Morgan fingerprint density at radius 3 is 2.69 bits per heavy atom. The van der Waals surface area contributed by atoms with Crippen LogP contribution in [0.5, 0.6) is 0 Å². The van der Waals surface area contributed by atoms with E-state index in [2.05, 4.69) is 6.07 Å². The molecule has 2 aliphatic rings. The van der Waals surface area contributed by atoms with Crippen molar-refractivity contribution in [1.29, 1.82) is 0 Å². The highest BCUT2D eigenvalue weighted by atomic mass is 16.6. The molecule has 1 aliphatic heterocycles. The molecule has 1 atom stereocenters. The smallest absolute Gasteiger partial charge is 0.410 e. The van der Waals surface area contributed by atoms with Gasteiger partial charge in [0.2, 0.25) is 0 Å². The summed E-state index contributed by atoms with van der Waals surface area (Å²) in [4.78, 5) is 19.5. The molecule has 1 N–H and O–H groups in total. The fraction of sp³-hybridized carbons (Fsp3) is 0.682. The number of carbonyl (C=O) groups excluding carboxylic acids is 1. The van der Waals surface area contributed by atoms with Crippen LogP contribution in [0.2, 0.25) is 0 Å². The van der Waals surface area contributed by atoms with E-state index in [1.807, 2.05) is 36.3 Å². The number of ether oxygens (including phenoxy) is 1. The minimum Gasteiger partial charge on any atom is -0.444 e. The van der Waals surface area contributed by atoms with E-state index >= 15 is 0 Å². The van der Waals surface area contributed by atoms with Gasteiger partial charge in [0.1, 0.15) is 5.60 Å². The molecule has 0 spiro atoms. The summed E-state index contributed by atoms with van der Waals surface area (Å²) in [6.07, 6.45) is 6.50. The standard InChI is InChI=1S/C22H32N4O3/c1-22(2,3)29-21(28)25-11-5-4-8-19(25)18-14-20-23-17(15-9-10-15)13-16(7-6-12-27)26(20)24-18/h13-15,19,27H,4-12H2,1-3H3/t19-/m0/s1. The highest BCUT2D eigenvalue weighted by Gasteiger charge is 2.33. The van der Waals surface area contributed by atoms with Crippen molar-refractivity contribution < 1.29 is 14.6 Å². The second kappa shape index (κ2) is 7.94. The van der Waals surface area contributed by atoms with E-state index in [9.17, 15) is 9.90 Å². The van der Waals surface area contributed by atoms with Crippen molar-refractivity contribution in [2.75, 3.05) is 13.2 Å². The molecule has 7 heteroatoms. The maximum atomic E-state index is 12.8. The van der Waals surface area contributed by atoms with Crippen LogP contribution in [0, 0.1) is 0 Å². The van der Waals surface area contributed by atoms with Crippen LogP contribution in [0.4, 0.5) is 4.79 Å². The first-order chi connectivity index (χ1) is 13.9. The van der Waals surface area contributed by atoms with Crippen molar-refractivity contribution in [2.24, 2.45) is 0 Å². The number of nitrogens with zero attached hydrogens (tertiary/aromatic N) is 4. The van der Waals surface area contributed by atoms with Gasteiger partial charge in [-0.1, -0.05) is 0 Å². The molecule has 1 saturated heterocycles. The van der Waals surface area contributed by atoms with E-state index in [1.54, 1.807) is 0 Å². The van der Waals surface area contributed by atoms with Gasteiger partial charge in [0.15, 0.2) is 5.65 Å². The van der Waals surface area contributed by atoms with Crippen LogP contribution < -0.4 is 0 Å². The second-order valence-electron chi connectivity index (χ2n) is 9.30. The fourth-order valence-corrected chi connectivity index (χ4v) is 4.04. The highest BCUT2D eigenvalue weighted by molar-refractivity contribution is 5.69. The van der Waals surface area contributed by atoms with Crippen LogP contribution in [0.15, 0.2) is 12.1 Å². The topological polar surface area (TPSA) is 80.0 Å². The molecule has 0 bridgehead atoms. The molecular formula is C22H32N4O3. The van der Waals surface area contributed by atoms with Crippen LogP contribution >= 0.6 is 0 Å². The van der Waals surface area contributed by atoms with Gasteiger partial charge in [-0.15, -0.1) is 0 Å². The largest absolute Gasteiger partial charge is 0.444 e. The molecule has 1 amide bonds. The van der Waals surface area contributed by atoms with Gasteiger partial charge in [0, 0.05) is 36.5 Å². The molecule has 3 heterocycles. The van der Waals surface area contributed by atoms with Crippen molar-refractivity contribution in [1.82, 2.24) is 19.5 Å². The summed E-state index contributed by atoms with van der Waals surface area (Å²) >= 11 is 0. The summed E-state index contributed by atoms with van der Waals surface area (Å²) in [7, 11) is 0. The number of aliphatic hydroxyl groups excluding tert-OH is 1. The van der Waals surface area contributed by atoms with Gasteiger partial charge in [0.25, 0.3) is 0 Å². The Morgan fingerprint density at radius 1 is 1.21 bits per heavy atom. The van der Waals surface area contributed by atoms with E-state index in [-0.39, 0.29) is 18.7 Å². The number of fused-ring (bicyclic) bond motifs is 1. The van der Waals surface area contributed by atoms with Gasteiger partial charge in [-0.3, -0.25) is 4.90 Å². The van der Waals surface area contributed by atoms with Crippen LogP contribution in [-0.2, 0) is 11.2 Å². The molecule has 1 aliphatic carbocycles. The van der Waals surface area contributed by atoms with Gasteiger partial charge in [-0.2, -0.15) is 5.10 Å². The maximum absolute atomic E-state index is 12.8. The molecule has 0 aromatic carbocycles. The molecule has 0 radical (unpaired) electrons. The van der Waals surface area contributed by atoms with Crippen molar-refractivity contribution in [3.63, 3.8) is 0 Å². The van der Waals surface area contributed by atoms with Crippen LogP contribution in [0.1, 0.15) is 88.3 Å². The fourth-order valence-electron chi connectivity index (χ4n) is 4.04. The molecule has 1 saturated carbocycles. The monoisotopic (exact) mass is 400 g/mol. The zero-order valence-electron chi connectivity index (χ0n) is 17.7. The van der Waals surface area contributed by atoms with E-state index in [0.717, 1.165) is 48.4 Å². The second-order valence-corrected chi connectivity index (χ2v) is 9.30.